The third-order valence-corrected chi connectivity index (χ3v) is 4.06. The largest absolute Gasteiger partial charge is 0.341 e. The van der Waals surface area contributed by atoms with Crippen molar-refractivity contribution in [2.75, 3.05) is 31.6 Å². The van der Waals surface area contributed by atoms with Crippen LogP contribution in [0.15, 0.2) is 24.3 Å². The molecule has 0 spiro atoms. The summed E-state index contributed by atoms with van der Waals surface area (Å²) >= 11 is 0. The Kier molecular flexibility index (Phi) is 6.59. The van der Waals surface area contributed by atoms with Gasteiger partial charge >= 0.3 is 0 Å². The zero-order chi connectivity index (χ0) is 16.3. The summed E-state index contributed by atoms with van der Waals surface area (Å²) in [5, 5.41) is 0. The molecule has 1 heterocycles. The fraction of sp³-hybridized carbons (Fsp3) is 0.529. The number of carbonyl (C=O) groups excluding carboxylic acids is 2. The van der Waals surface area contributed by atoms with Crippen molar-refractivity contribution in [2.24, 2.45) is 11.1 Å². The molecule has 0 unspecified atom stereocenters. The number of halogens is 1. The molecule has 1 fully saturated rings. The summed E-state index contributed by atoms with van der Waals surface area (Å²) in [6.45, 7) is 5.98. The number of amides is 2. The average Bonchev–Trinajstić information content (AvgIpc) is 2.92. The van der Waals surface area contributed by atoms with Crippen LogP contribution in [0.1, 0.15) is 37.0 Å². The van der Waals surface area contributed by atoms with Crippen LogP contribution >= 0.6 is 12.4 Å². The van der Waals surface area contributed by atoms with Crippen molar-refractivity contribution in [3.63, 3.8) is 0 Å². The molecule has 2 rings (SSSR count). The minimum absolute atomic E-state index is 0. The Labute approximate surface area is 144 Å². The molecule has 5 nitrogen and oxygen atoms in total. The number of hydrogen-bond donors (Lipinski definition) is 1. The highest BCUT2D eigenvalue weighted by atomic mass is 35.5. The van der Waals surface area contributed by atoms with E-state index in [4.69, 9.17) is 5.73 Å². The maximum Gasteiger partial charge on any atom is 0.253 e. The van der Waals surface area contributed by atoms with Crippen LogP contribution in [0.3, 0.4) is 0 Å². The monoisotopic (exact) mass is 339 g/mol. The molecule has 0 radical (unpaired) electrons. The average molecular weight is 340 g/mol. The minimum Gasteiger partial charge on any atom is -0.341 e. The second-order valence-corrected chi connectivity index (χ2v) is 6.73. The summed E-state index contributed by atoms with van der Waals surface area (Å²) in [6.07, 6.45) is 1.51. The summed E-state index contributed by atoms with van der Waals surface area (Å²) in [5.74, 6) is 0.127. The molecule has 1 aromatic carbocycles. The van der Waals surface area contributed by atoms with Crippen LogP contribution < -0.4 is 10.6 Å². The maximum absolute atomic E-state index is 12.4. The first-order valence-corrected chi connectivity index (χ1v) is 7.70. The molecule has 0 aromatic heterocycles. The SMILES string of the molecule is CN(CC(C)(C)CN)C(=O)c1ccc(N2CCCC2=O)cc1.Cl. The number of nitrogens with two attached hydrogens (primary N) is 1. The van der Waals surface area contributed by atoms with E-state index in [-0.39, 0.29) is 29.6 Å². The second-order valence-electron chi connectivity index (χ2n) is 6.73. The van der Waals surface area contributed by atoms with Gasteiger partial charge in [0.05, 0.1) is 0 Å². The fourth-order valence-electron chi connectivity index (χ4n) is 2.70. The first-order chi connectivity index (χ1) is 10.3. The molecule has 1 saturated heterocycles. The fourth-order valence-corrected chi connectivity index (χ4v) is 2.70. The molecule has 2 amide bonds. The highest BCUT2D eigenvalue weighted by molar-refractivity contribution is 5.97. The van der Waals surface area contributed by atoms with Gasteiger partial charge in [-0.3, -0.25) is 9.59 Å². The molecular weight excluding hydrogens is 314 g/mol. The van der Waals surface area contributed by atoms with E-state index in [1.807, 2.05) is 26.0 Å². The van der Waals surface area contributed by atoms with Crippen LogP contribution in [-0.4, -0.2) is 43.4 Å². The number of hydrogen-bond acceptors (Lipinski definition) is 3. The van der Waals surface area contributed by atoms with Crippen molar-refractivity contribution in [3.8, 4) is 0 Å². The van der Waals surface area contributed by atoms with Crippen molar-refractivity contribution in [2.45, 2.75) is 26.7 Å². The standard InChI is InChI=1S/C17H25N3O2.ClH/c1-17(2,11-18)12-19(3)16(22)13-6-8-14(9-7-13)20-10-4-5-15(20)21;/h6-9H,4-5,10-12,18H2,1-3H3;1H. The highest BCUT2D eigenvalue weighted by Crippen LogP contribution is 2.22. The van der Waals surface area contributed by atoms with Crippen molar-refractivity contribution in [1.82, 2.24) is 4.90 Å². The van der Waals surface area contributed by atoms with E-state index in [0.29, 0.717) is 25.1 Å². The van der Waals surface area contributed by atoms with Crippen molar-refractivity contribution in [3.05, 3.63) is 29.8 Å². The summed E-state index contributed by atoms with van der Waals surface area (Å²) in [6, 6.07) is 7.27. The van der Waals surface area contributed by atoms with E-state index < -0.39 is 0 Å². The maximum atomic E-state index is 12.4. The smallest absolute Gasteiger partial charge is 0.253 e. The Hall–Kier alpha value is -1.59. The normalized spacial score (nSPS) is 14.6. The zero-order valence-corrected chi connectivity index (χ0v) is 14.9. The van der Waals surface area contributed by atoms with E-state index in [2.05, 4.69) is 0 Å². The van der Waals surface area contributed by atoms with E-state index in [9.17, 15) is 9.59 Å². The summed E-state index contributed by atoms with van der Waals surface area (Å²) in [4.78, 5) is 27.6. The topological polar surface area (TPSA) is 66.6 Å². The minimum atomic E-state index is -0.105. The van der Waals surface area contributed by atoms with Crippen LogP contribution in [0.4, 0.5) is 5.69 Å². The molecule has 1 aliphatic heterocycles. The van der Waals surface area contributed by atoms with Crippen LogP contribution in [-0.2, 0) is 4.79 Å². The summed E-state index contributed by atoms with van der Waals surface area (Å²) in [5.41, 5.74) is 7.11. The number of nitrogens with zero attached hydrogens (tertiary/aromatic N) is 2. The van der Waals surface area contributed by atoms with E-state index in [1.54, 1.807) is 29.0 Å². The lowest BCUT2D eigenvalue weighted by Gasteiger charge is -2.29. The molecule has 128 valence electrons. The molecule has 1 aromatic rings. The lowest BCUT2D eigenvalue weighted by atomic mass is 9.93. The molecular formula is C17H26ClN3O2. The molecule has 0 aliphatic carbocycles. The van der Waals surface area contributed by atoms with Crippen LogP contribution in [0, 0.1) is 5.41 Å². The number of benzene rings is 1. The predicted octanol–water partition coefficient (Wildman–Crippen LogP) is 2.29. The molecule has 23 heavy (non-hydrogen) atoms. The quantitative estimate of drug-likeness (QED) is 0.895. The van der Waals surface area contributed by atoms with E-state index in [1.165, 1.54) is 0 Å². The van der Waals surface area contributed by atoms with Crippen LogP contribution in [0.25, 0.3) is 0 Å². The molecule has 0 saturated carbocycles. The molecule has 1 aliphatic rings. The van der Waals surface area contributed by atoms with Crippen LogP contribution in [0.2, 0.25) is 0 Å². The second kappa shape index (κ2) is 7.79. The van der Waals surface area contributed by atoms with Gasteiger partial charge < -0.3 is 15.5 Å². The van der Waals surface area contributed by atoms with Gasteiger partial charge in [0.1, 0.15) is 0 Å². The number of carbonyl (C=O) groups is 2. The van der Waals surface area contributed by atoms with Gasteiger partial charge in [0.15, 0.2) is 0 Å². The highest BCUT2D eigenvalue weighted by Gasteiger charge is 2.23. The summed E-state index contributed by atoms with van der Waals surface area (Å²) < 4.78 is 0. The lowest BCUT2D eigenvalue weighted by molar-refractivity contribution is -0.117. The van der Waals surface area contributed by atoms with Gasteiger partial charge in [-0.1, -0.05) is 13.8 Å². The third-order valence-electron chi connectivity index (χ3n) is 4.06. The Balaban J connectivity index is 0.00000264. The molecule has 0 atom stereocenters. The predicted molar refractivity (Wildman–Crippen MR) is 95.1 cm³/mol. The first kappa shape index (κ1) is 19.5. The Morgan fingerprint density at radius 1 is 1.30 bits per heavy atom. The zero-order valence-electron chi connectivity index (χ0n) is 14.0. The lowest BCUT2D eigenvalue weighted by Crippen LogP contribution is -2.39. The Bertz CT molecular complexity index is 557. The van der Waals surface area contributed by atoms with Gasteiger partial charge in [0.25, 0.3) is 5.91 Å². The van der Waals surface area contributed by atoms with Gasteiger partial charge in [-0.05, 0) is 42.6 Å². The van der Waals surface area contributed by atoms with Crippen LogP contribution in [0.5, 0.6) is 0 Å². The summed E-state index contributed by atoms with van der Waals surface area (Å²) in [7, 11) is 1.79. The van der Waals surface area contributed by atoms with Gasteiger partial charge in [0, 0.05) is 37.8 Å². The van der Waals surface area contributed by atoms with Crippen molar-refractivity contribution in [1.29, 1.82) is 0 Å². The van der Waals surface area contributed by atoms with Crippen molar-refractivity contribution >= 4 is 29.9 Å². The third kappa shape index (κ3) is 4.69. The Morgan fingerprint density at radius 3 is 2.39 bits per heavy atom. The first-order valence-electron chi connectivity index (χ1n) is 7.70. The van der Waals surface area contributed by atoms with Gasteiger partial charge in [-0.2, -0.15) is 0 Å². The number of rotatable bonds is 5. The van der Waals surface area contributed by atoms with E-state index in [0.717, 1.165) is 18.7 Å². The number of anilines is 1. The van der Waals surface area contributed by atoms with Gasteiger partial charge in [-0.15, -0.1) is 12.4 Å². The van der Waals surface area contributed by atoms with Crippen molar-refractivity contribution < 1.29 is 9.59 Å². The molecule has 6 heteroatoms. The Morgan fingerprint density at radius 2 is 1.91 bits per heavy atom. The van der Waals surface area contributed by atoms with E-state index >= 15 is 0 Å². The van der Waals surface area contributed by atoms with Gasteiger partial charge in [0.2, 0.25) is 5.91 Å². The molecule has 0 bridgehead atoms. The van der Waals surface area contributed by atoms with Gasteiger partial charge in [-0.25, -0.2) is 0 Å². The molecule has 2 N–H and O–H groups in total.